The van der Waals surface area contributed by atoms with E-state index in [2.05, 4.69) is 4.90 Å². The van der Waals surface area contributed by atoms with Crippen LogP contribution in [0.3, 0.4) is 0 Å². The number of carbonyl (C=O) groups is 2. The lowest BCUT2D eigenvalue weighted by Crippen LogP contribution is -2.78. The van der Waals surface area contributed by atoms with Gasteiger partial charge in [-0.3, -0.25) is 14.5 Å². The molecule has 7 rings (SSSR count). The number of ether oxygens (including phenoxy) is 1. The third-order valence-corrected chi connectivity index (χ3v) is 10.0. The zero-order valence-electron chi connectivity index (χ0n) is 21.2. The summed E-state index contributed by atoms with van der Waals surface area (Å²) in [4.78, 5) is 30.3. The van der Waals surface area contributed by atoms with Crippen LogP contribution in [0.15, 0.2) is 42.5 Å². The molecule has 194 valence electrons. The van der Waals surface area contributed by atoms with E-state index >= 15 is 0 Å². The summed E-state index contributed by atoms with van der Waals surface area (Å²) in [5, 5.41) is 23.4. The van der Waals surface area contributed by atoms with Crippen LogP contribution in [0.1, 0.15) is 60.0 Å². The van der Waals surface area contributed by atoms with Gasteiger partial charge in [0, 0.05) is 30.8 Å². The van der Waals surface area contributed by atoms with Crippen LogP contribution in [0, 0.1) is 5.92 Å². The van der Waals surface area contributed by atoms with E-state index in [4.69, 9.17) is 4.74 Å². The Hall–Kier alpha value is -2.90. The van der Waals surface area contributed by atoms with Crippen LogP contribution in [-0.2, 0) is 16.6 Å². The number of carbonyl (C=O) groups excluding carboxylic acids is 2. The van der Waals surface area contributed by atoms with Crippen LogP contribution in [0.4, 0.5) is 0 Å². The molecule has 3 aliphatic carbocycles. The Balaban J connectivity index is 1.24. The summed E-state index contributed by atoms with van der Waals surface area (Å²) in [6.07, 6.45) is 4.47. The van der Waals surface area contributed by atoms with Gasteiger partial charge in [0.1, 0.15) is 6.10 Å². The molecule has 1 spiro atoms. The number of Topliss-reactive ketones (excluding diaryl/α,β-unsaturated/α-hetero) is 1. The minimum Gasteiger partial charge on any atom is -0.504 e. The molecule has 3 fully saturated rings. The number of phenolic OH excluding ortho intramolecular Hbond substituents is 1. The number of phenols is 1. The van der Waals surface area contributed by atoms with Crippen LogP contribution in [0.5, 0.6) is 11.5 Å². The van der Waals surface area contributed by atoms with Gasteiger partial charge in [0.15, 0.2) is 17.3 Å². The predicted octanol–water partition coefficient (Wildman–Crippen LogP) is 3.06. The first-order valence-corrected chi connectivity index (χ1v) is 13.7. The molecule has 2 aromatic rings. The number of hydrogen-bond donors (Lipinski definition) is 2. The number of likely N-dealkylation sites (tertiary alicyclic amines) is 1. The highest BCUT2D eigenvalue weighted by molar-refractivity contribution is 6.07. The third-order valence-electron chi connectivity index (χ3n) is 10.0. The molecule has 1 saturated heterocycles. The Bertz CT molecular complexity index is 1280. The molecule has 5 aliphatic rings. The number of hydrogen-bond acceptors (Lipinski definition) is 6. The Morgan fingerprint density at radius 2 is 1.89 bits per heavy atom. The fourth-order valence-corrected chi connectivity index (χ4v) is 8.03. The van der Waals surface area contributed by atoms with Gasteiger partial charge in [-0.1, -0.05) is 36.4 Å². The molecule has 2 aliphatic heterocycles. The molecule has 2 aromatic carbocycles. The van der Waals surface area contributed by atoms with Gasteiger partial charge in [-0.25, -0.2) is 0 Å². The van der Waals surface area contributed by atoms with E-state index in [0.29, 0.717) is 24.2 Å². The number of rotatable bonds is 6. The molecular weight excluding hydrogens is 468 g/mol. The standard InChI is InChI=1S/C30H34N2O5/c1-31(25(35)16-23(34)19-5-3-2-4-6-19)21-11-12-30(36)24-15-20-9-10-22(33)27-26(20)29(30,28(21)37-27)13-14-32(24)17-18-7-8-18/h2-6,9-10,18,21,24,28,33,36H,7-8,11-17H2,1H3/t21-,24+,28-,29-,30+/m0/s1. The third kappa shape index (κ3) is 3.20. The van der Waals surface area contributed by atoms with Gasteiger partial charge < -0.3 is 19.8 Å². The lowest BCUT2D eigenvalue weighted by Gasteiger charge is -2.64. The molecule has 5 atom stereocenters. The molecule has 1 amide bonds. The van der Waals surface area contributed by atoms with Crippen molar-refractivity contribution in [1.29, 1.82) is 0 Å². The quantitative estimate of drug-likeness (QED) is 0.466. The predicted molar refractivity (Wildman–Crippen MR) is 137 cm³/mol. The highest BCUT2D eigenvalue weighted by Gasteiger charge is 2.73. The van der Waals surface area contributed by atoms with E-state index in [9.17, 15) is 19.8 Å². The molecule has 2 saturated carbocycles. The van der Waals surface area contributed by atoms with Crippen LogP contribution >= 0.6 is 0 Å². The minimum atomic E-state index is -0.989. The smallest absolute Gasteiger partial charge is 0.230 e. The summed E-state index contributed by atoms with van der Waals surface area (Å²) >= 11 is 0. The van der Waals surface area contributed by atoms with Gasteiger partial charge in [-0.15, -0.1) is 0 Å². The van der Waals surface area contributed by atoms with Crippen molar-refractivity contribution in [3.05, 3.63) is 59.2 Å². The second-order valence-corrected chi connectivity index (χ2v) is 11.9. The Labute approximate surface area is 217 Å². The second-order valence-electron chi connectivity index (χ2n) is 11.9. The highest BCUT2D eigenvalue weighted by atomic mass is 16.5. The van der Waals surface area contributed by atoms with Gasteiger partial charge in [0.25, 0.3) is 0 Å². The van der Waals surface area contributed by atoms with Crippen LogP contribution in [0.2, 0.25) is 0 Å². The number of nitrogens with zero attached hydrogens (tertiary/aromatic N) is 2. The number of aliphatic hydroxyl groups is 1. The zero-order valence-corrected chi connectivity index (χ0v) is 21.2. The Morgan fingerprint density at radius 3 is 2.65 bits per heavy atom. The SMILES string of the molecule is CN(C(=O)CC(=O)c1ccccc1)[C@H]1CC[C@@]2(O)[C@H]3Cc4ccc(O)c5c4[C@@]2(CCN3CC2CC2)[C@H]1O5. The van der Waals surface area contributed by atoms with Gasteiger partial charge in [-0.05, 0) is 62.6 Å². The van der Waals surface area contributed by atoms with Crippen molar-refractivity contribution in [3.8, 4) is 11.5 Å². The molecule has 7 heteroatoms. The van der Waals surface area contributed by atoms with E-state index in [1.54, 1.807) is 42.3 Å². The second kappa shape index (κ2) is 8.05. The van der Waals surface area contributed by atoms with Gasteiger partial charge >= 0.3 is 0 Å². The van der Waals surface area contributed by atoms with Crippen molar-refractivity contribution in [1.82, 2.24) is 9.80 Å². The molecule has 37 heavy (non-hydrogen) atoms. The number of benzene rings is 2. The molecule has 0 unspecified atom stereocenters. The summed E-state index contributed by atoms with van der Waals surface area (Å²) in [6, 6.07) is 12.3. The Kier molecular flexibility index (Phi) is 5.05. The van der Waals surface area contributed by atoms with Gasteiger partial charge in [-0.2, -0.15) is 0 Å². The average molecular weight is 503 g/mol. The molecule has 7 nitrogen and oxygen atoms in total. The number of ketones is 1. The first kappa shape index (κ1) is 23.2. The summed E-state index contributed by atoms with van der Waals surface area (Å²) in [5.41, 5.74) is 0.947. The van der Waals surface area contributed by atoms with Gasteiger partial charge in [0.05, 0.1) is 23.5 Å². The van der Waals surface area contributed by atoms with E-state index in [-0.39, 0.29) is 35.9 Å². The maximum atomic E-state index is 13.4. The first-order chi connectivity index (χ1) is 17.8. The summed E-state index contributed by atoms with van der Waals surface area (Å²) in [7, 11) is 1.75. The number of piperidine rings is 1. The maximum absolute atomic E-state index is 13.4. The van der Waals surface area contributed by atoms with Gasteiger partial charge in [0.2, 0.25) is 5.91 Å². The number of amides is 1. The molecule has 0 radical (unpaired) electrons. The highest BCUT2D eigenvalue weighted by Crippen LogP contribution is 2.66. The molecule has 2 N–H and O–H groups in total. The number of aromatic hydroxyl groups is 1. The molecule has 0 aromatic heterocycles. The van der Waals surface area contributed by atoms with E-state index in [0.717, 1.165) is 43.0 Å². The monoisotopic (exact) mass is 502 g/mol. The normalized spacial score (nSPS) is 33.4. The Morgan fingerprint density at radius 1 is 1.11 bits per heavy atom. The lowest BCUT2D eigenvalue weighted by molar-refractivity contribution is -0.200. The molecule has 2 bridgehead atoms. The summed E-state index contributed by atoms with van der Waals surface area (Å²) in [6.45, 7) is 1.90. The molecular formula is C30H34N2O5. The summed E-state index contributed by atoms with van der Waals surface area (Å²) < 4.78 is 6.57. The van der Waals surface area contributed by atoms with Crippen LogP contribution in [0.25, 0.3) is 0 Å². The molecule has 2 heterocycles. The average Bonchev–Trinajstić information content (AvgIpc) is 3.64. The van der Waals surface area contributed by atoms with E-state index in [1.807, 2.05) is 12.1 Å². The van der Waals surface area contributed by atoms with Crippen LogP contribution < -0.4 is 4.74 Å². The fourth-order valence-electron chi connectivity index (χ4n) is 8.03. The van der Waals surface area contributed by atoms with Crippen molar-refractivity contribution in [2.45, 2.75) is 74.1 Å². The van der Waals surface area contributed by atoms with Crippen molar-refractivity contribution in [2.24, 2.45) is 5.92 Å². The van der Waals surface area contributed by atoms with E-state index < -0.39 is 17.1 Å². The fraction of sp³-hybridized carbons (Fsp3) is 0.533. The minimum absolute atomic E-state index is 0.00226. The lowest BCUT2D eigenvalue weighted by atomic mass is 9.48. The van der Waals surface area contributed by atoms with Crippen molar-refractivity contribution in [3.63, 3.8) is 0 Å². The van der Waals surface area contributed by atoms with Crippen molar-refractivity contribution < 1.29 is 24.5 Å². The van der Waals surface area contributed by atoms with Crippen LogP contribution in [-0.4, -0.2) is 75.6 Å². The summed E-state index contributed by atoms with van der Waals surface area (Å²) in [5.74, 6) is 0.846. The van der Waals surface area contributed by atoms with E-state index in [1.165, 1.54) is 12.8 Å². The van der Waals surface area contributed by atoms with Crippen molar-refractivity contribution in [2.75, 3.05) is 20.1 Å². The first-order valence-electron chi connectivity index (χ1n) is 13.7. The largest absolute Gasteiger partial charge is 0.504 e. The van der Waals surface area contributed by atoms with Crippen molar-refractivity contribution >= 4 is 11.7 Å². The topological polar surface area (TPSA) is 90.3 Å². The zero-order chi connectivity index (χ0) is 25.5. The maximum Gasteiger partial charge on any atom is 0.230 e. The number of likely N-dealkylation sites (N-methyl/N-ethyl adjacent to an activating group) is 1.